The van der Waals surface area contributed by atoms with Gasteiger partial charge in [0.2, 0.25) is 0 Å². The van der Waals surface area contributed by atoms with Gasteiger partial charge in [0.1, 0.15) is 0 Å². The quantitative estimate of drug-likeness (QED) is 0.0652. The second-order valence-corrected chi connectivity index (χ2v) is 14.3. The number of hydrogen-bond donors (Lipinski definition) is 1. The van der Waals surface area contributed by atoms with Gasteiger partial charge in [-0.15, -0.1) is 0 Å². The summed E-state index contributed by atoms with van der Waals surface area (Å²) in [4.78, 5) is 0. The molecule has 1 saturated heterocycles. The van der Waals surface area contributed by atoms with E-state index in [4.69, 9.17) is 9.47 Å². The van der Waals surface area contributed by atoms with Crippen molar-refractivity contribution in [3.8, 4) is 0 Å². The lowest BCUT2D eigenvalue weighted by Crippen LogP contribution is -2.41. The predicted molar refractivity (Wildman–Crippen MR) is 203 cm³/mol. The van der Waals surface area contributed by atoms with Gasteiger partial charge in [-0.3, -0.25) is 0 Å². The van der Waals surface area contributed by atoms with Crippen LogP contribution in [0.5, 0.6) is 0 Å². The predicted octanol–water partition coefficient (Wildman–Crippen LogP) is 13.3. The molecule has 0 aromatic rings. The van der Waals surface area contributed by atoms with Crippen LogP contribution in [0.25, 0.3) is 0 Å². The third-order valence-corrected chi connectivity index (χ3v) is 10.2. The molecule has 3 nitrogen and oxygen atoms in total. The van der Waals surface area contributed by atoms with Crippen LogP contribution in [0.15, 0.2) is 48.6 Å². The van der Waals surface area contributed by atoms with E-state index in [1.165, 1.54) is 154 Å². The summed E-state index contributed by atoms with van der Waals surface area (Å²) >= 11 is 0. The normalized spacial score (nSPS) is 23.8. The van der Waals surface area contributed by atoms with E-state index in [1.54, 1.807) is 0 Å². The summed E-state index contributed by atoms with van der Waals surface area (Å²) in [7, 11) is 2.10. The summed E-state index contributed by atoms with van der Waals surface area (Å²) < 4.78 is 13.6. The molecule has 2 rings (SSSR count). The highest BCUT2D eigenvalue weighted by atomic mass is 16.8. The van der Waals surface area contributed by atoms with Gasteiger partial charge in [0.25, 0.3) is 0 Å². The molecule has 1 N–H and O–H groups in total. The Bertz CT molecular complexity index is 735. The molecule has 0 aromatic carbocycles. The van der Waals surface area contributed by atoms with Crippen molar-refractivity contribution in [1.82, 2.24) is 5.32 Å². The lowest BCUT2D eigenvalue weighted by Gasteiger charge is -2.36. The van der Waals surface area contributed by atoms with E-state index in [0.29, 0.717) is 18.2 Å². The second-order valence-electron chi connectivity index (χ2n) is 14.3. The molecule has 3 heteroatoms. The van der Waals surface area contributed by atoms with Crippen LogP contribution in [0, 0.1) is 0 Å². The monoisotopic (exact) mass is 640 g/mol. The molecular formula is C43H77NO2. The molecule has 1 saturated carbocycles. The van der Waals surface area contributed by atoms with Crippen LogP contribution < -0.4 is 5.32 Å². The van der Waals surface area contributed by atoms with Crippen molar-refractivity contribution in [1.29, 1.82) is 0 Å². The maximum absolute atomic E-state index is 6.81. The Labute approximate surface area is 287 Å². The minimum absolute atomic E-state index is 0.295. The average Bonchev–Trinajstić information content (AvgIpc) is 3.41. The van der Waals surface area contributed by atoms with Crippen molar-refractivity contribution in [2.24, 2.45) is 0 Å². The maximum atomic E-state index is 6.81. The minimum atomic E-state index is -0.295. The molecule has 2 aliphatic rings. The number of nitrogens with one attached hydrogen (secondary N) is 1. The molecule has 1 heterocycles. The first kappa shape index (κ1) is 41.0. The number of unbranched alkanes of at least 4 members (excludes halogenated alkanes) is 16. The van der Waals surface area contributed by atoms with Crippen molar-refractivity contribution >= 4 is 0 Å². The SMILES string of the molecule is CCCCC/C=C\C/C=C\CCCCCCCC1OC2(CCC(NC)CC2)OC1CCCCCCC/C=C\C/C=C\CCCCC. The van der Waals surface area contributed by atoms with Gasteiger partial charge < -0.3 is 14.8 Å². The minimum Gasteiger partial charge on any atom is -0.344 e. The third kappa shape index (κ3) is 20.3. The van der Waals surface area contributed by atoms with Gasteiger partial charge >= 0.3 is 0 Å². The van der Waals surface area contributed by atoms with Gasteiger partial charge in [-0.05, 0) is 96.9 Å². The van der Waals surface area contributed by atoms with E-state index in [2.05, 4.69) is 74.8 Å². The Hall–Kier alpha value is -1.16. The topological polar surface area (TPSA) is 30.5 Å². The first-order valence-electron chi connectivity index (χ1n) is 20.4. The molecule has 46 heavy (non-hydrogen) atoms. The zero-order chi connectivity index (χ0) is 32.8. The molecule has 2 unspecified atom stereocenters. The highest BCUT2D eigenvalue weighted by molar-refractivity contribution is 4.94. The number of ether oxygens (including phenoxy) is 2. The van der Waals surface area contributed by atoms with Crippen LogP contribution in [0.3, 0.4) is 0 Å². The van der Waals surface area contributed by atoms with Crippen molar-refractivity contribution in [3.63, 3.8) is 0 Å². The van der Waals surface area contributed by atoms with Gasteiger partial charge in [-0.1, -0.05) is 140 Å². The van der Waals surface area contributed by atoms with Gasteiger partial charge in [0.15, 0.2) is 5.79 Å². The molecular weight excluding hydrogens is 562 g/mol. The Morgan fingerprint density at radius 1 is 0.500 bits per heavy atom. The summed E-state index contributed by atoms with van der Waals surface area (Å²) in [6.07, 6.45) is 54.7. The molecule has 2 fully saturated rings. The lowest BCUT2D eigenvalue weighted by atomic mass is 9.90. The summed E-state index contributed by atoms with van der Waals surface area (Å²) in [6, 6.07) is 0.624. The highest BCUT2D eigenvalue weighted by Gasteiger charge is 2.48. The first-order valence-corrected chi connectivity index (χ1v) is 20.4. The molecule has 0 amide bonds. The van der Waals surface area contributed by atoms with Crippen molar-refractivity contribution < 1.29 is 9.47 Å². The van der Waals surface area contributed by atoms with E-state index in [1.807, 2.05) is 0 Å². The van der Waals surface area contributed by atoms with Crippen LogP contribution in [0.1, 0.15) is 194 Å². The van der Waals surface area contributed by atoms with Gasteiger partial charge in [0.05, 0.1) is 12.2 Å². The molecule has 1 aliphatic carbocycles. The fourth-order valence-electron chi connectivity index (χ4n) is 7.12. The van der Waals surface area contributed by atoms with E-state index in [-0.39, 0.29) is 5.79 Å². The van der Waals surface area contributed by atoms with Crippen LogP contribution in [-0.4, -0.2) is 31.1 Å². The zero-order valence-corrected chi connectivity index (χ0v) is 31.0. The molecule has 0 bridgehead atoms. The number of allylic oxidation sites excluding steroid dienone is 8. The third-order valence-electron chi connectivity index (χ3n) is 10.2. The number of hydrogen-bond acceptors (Lipinski definition) is 3. The van der Waals surface area contributed by atoms with E-state index in [0.717, 1.165) is 25.7 Å². The van der Waals surface area contributed by atoms with Crippen molar-refractivity contribution in [2.45, 2.75) is 218 Å². The van der Waals surface area contributed by atoms with Gasteiger partial charge in [-0.2, -0.15) is 0 Å². The first-order chi connectivity index (χ1) is 22.7. The Morgan fingerprint density at radius 3 is 1.26 bits per heavy atom. The summed E-state index contributed by atoms with van der Waals surface area (Å²) in [5.74, 6) is -0.295. The molecule has 2 atom stereocenters. The summed E-state index contributed by atoms with van der Waals surface area (Å²) in [6.45, 7) is 4.54. The van der Waals surface area contributed by atoms with Crippen LogP contribution >= 0.6 is 0 Å². The van der Waals surface area contributed by atoms with Gasteiger partial charge in [0, 0.05) is 18.9 Å². The zero-order valence-electron chi connectivity index (χ0n) is 31.0. The van der Waals surface area contributed by atoms with Crippen molar-refractivity contribution in [3.05, 3.63) is 48.6 Å². The Kier molecular flexibility index (Phi) is 25.7. The number of rotatable bonds is 29. The maximum Gasteiger partial charge on any atom is 0.169 e. The molecule has 1 aliphatic heterocycles. The van der Waals surface area contributed by atoms with Crippen molar-refractivity contribution in [2.75, 3.05) is 7.05 Å². The van der Waals surface area contributed by atoms with Crippen LogP contribution in [0.2, 0.25) is 0 Å². The van der Waals surface area contributed by atoms with Gasteiger partial charge in [-0.25, -0.2) is 0 Å². The molecule has 0 radical (unpaired) electrons. The standard InChI is InChI=1S/C43H77NO2/c1-4-6-8-10-12-14-16-18-20-22-24-26-28-30-32-34-41-42(46-43(45-41)38-36-40(44-3)37-39-43)35-33-31-29-27-25-23-21-19-17-15-13-11-9-7-5-2/h12-15,18-21,40-42,44H,4-11,16-17,22-39H2,1-3H3/b14-12-,15-13-,20-18-,21-19-. The van der Waals surface area contributed by atoms with E-state index in [9.17, 15) is 0 Å². The fourth-order valence-corrected chi connectivity index (χ4v) is 7.12. The fraction of sp³-hybridized carbons (Fsp3) is 0.814. The van der Waals surface area contributed by atoms with E-state index < -0.39 is 0 Å². The smallest absolute Gasteiger partial charge is 0.169 e. The Balaban J connectivity index is 1.57. The Morgan fingerprint density at radius 2 is 0.870 bits per heavy atom. The van der Waals surface area contributed by atoms with Crippen LogP contribution in [-0.2, 0) is 9.47 Å². The average molecular weight is 640 g/mol. The molecule has 0 aromatic heterocycles. The van der Waals surface area contributed by atoms with Crippen LogP contribution in [0.4, 0.5) is 0 Å². The summed E-state index contributed by atoms with van der Waals surface area (Å²) in [5.41, 5.74) is 0. The molecule has 266 valence electrons. The molecule has 1 spiro atoms. The summed E-state index contributed by atoms with van der Waals surface area (Å²) in [5, 5.41) is 3.47. The lowest BCUT2D eigenvalue weighted by molar-refractivity contribution is -0.197. The highest BCUT2D eigenvalue weighted by Crippen LogP contribution is 2.43. The largest absolute Gasteiger partial charge is 0.344 e. The van der Waals surface area contributed by atoms with E-state index >= 15 is 0 Å². The second kappa shape index (κ2) is 28.8.